The van der Waals surface area contributed by atoms with E-state index in [0.29, 0.717) is 11.6 Å². The highest BCUT2D eigenvalue weighted by Gasteiger charge is 2.27. The standard InChI is InChI=1S/C13H14Cl2N4O2S/c14-9-6-10(15)11(16-7-9)8-22(20,21)13-18-17-12-4-2-1-3-5-19(12)13/h6-7H,1-5,8H2. The van der Waals surface area contributed by atoms with Crippen LogP contribution in [0.4, 0.5) is 0 Å². The topological polar surface area (TPSA) is 77.7 Å². The fourth-order valence-electron chi connectivity index (χ4n) is 2.48. The van der Waals surface area contributed by atoms with Gasteiger partial charge in [-0.25, -0.2) is 8.42 Å². The van der Waals surface area contributed by atoms with E-state index in [-0.39, 0.29) is 21.6 Å². The van der Waals surface area contributed by atoms with Crippen LogP contribution in [0.2, 0.25) is 10.0 Å². The summed E-state index contributed by atoms with van der Waals surface area (Å²) in [5.41, 5.74) is 0.261. The van der Waals surface area contributed by atoms with Crippen LogP contribution < -0.4 is 0 Å². The Morgan fingerprint density at radius 3 is 2.77 bits per heavy atom. The number of sulfone groups is 1. The van der Waals surface area contributed by atoms with Gasteiger partial charge in [-0.3, -0.25) is 4.98 Å². The third-order valence-corrected chi connectivity index (χ3v) is 5.61. The monoisotopic (exact) mass is 360 g/mol. The Hall–Kier alpha value is -1.18. The van der Waals surface area contributed by atoms with Crippen LogP contribution in [0.15, 0.2) is 17.4 Å². The molecule has 0 unspecified atom stereocenters. The first kappa shape index (κ1) is 15.7. The summed E-state index contributed by atoms with van der Waals surface area (Å²) < 4.78 is 27.0. The van der Waals surface area contributed by atoms with Gasteiger partial charge in [-0.05, 0) is 18.9 Å². The van der Waals surface area contributed by atoms with Gasteiger partial charge in [0.25, 0.3) is 0 Å². The molecule has 1 aliphatic rings. The predicted octanol–water partition coefficient (Wildman–Crippen LogP) is 2.68. The maximum Gasteiger partial charge on any atom is 0.250 e. The second kappa shape index (κ2) is 6.14. The molecule has 3 rings (SSSR count). The second-order valence-electron chi connectivity index (χ2n) is 5.20. The first-order valence-corrected chi connectivity index (χ1v) is 9.33. The number of nitrogens with zero attached hydrogens (tertiary/aromatic N) is 4. The number of aryl methyl sites for hydroxylation is 1. The van der Waals surface area contributed by atoms with E-state index < -0.39 is 9.84 Å². The third kappa shape index (κ3) is 3.11. The van der Waals surface area contributed by atoms with E-state index in [1.54, 1.807) is 4.57 Å². The maximum atomic E-state index is 12.6. The van der Waals surface area contributed by atoms with Crippen LogP contribution in [0.5, 0.6) is 0 Å². The highest BCUT2D eigenvalue weighted by atomic mass is 35.5. The minimum atomic E-state index is -3.66. The van der Waals surface area contributed by atoms with Crippen LogP contribution in [0.25, 0.3) is 0 Å². The van der Waals surface area contributed by atoms with Gasteiger partial charge >= 0.3 is 0 Å². The number of halogens is 2. The zero-order chi connectivity index (χ0) is 15.7. The number of rotatable bonds is 3. The zero-order valence-electron chi connectivity index (χ0n) is 11.7. The van der Waals surface area contributed by atoms with Gasteiger partial charge in [-0.1, -0.05) is 29.6 Å². The normalized spacial score (nSPS) is 15.4. The predicted molar refractivity (Wildman–Crippen MR) is 82.7 cm³/mol. The first-order chi connectivity index (χ1) is 10.5. The van der Waals surface area contributed by atoms with Crippen LogP contribution in [0, 0.1) is 0 Å². The van der Waals surface area contributed by atoms with Crippen molar-refractivity contribution in [2.75, 3.05) is 0 Å². The fourth-order valence-corrected chi connectivity index (χ4v) is 4.42. The molecule has 0 N–H and O–H groups in total. The van der Waals surface area contributed by atoms with E-state index in [4.69, 9.17) is 23.2 Å². The van der Waals surface area contributed by atoms with Crippen LogP contribution in [0.1, 0.15) is 30.8 Å². The van der Waals surface area contributed by atoms with Gasteiger partial charge in [-0.15, -0.1) is 10.2 Å². The number of pyridine rings is 1. The van der Waals surface area contributed by atoms with E-state index in [0.717, 1.165) is 31.5 Å². The van der Waals surface area contributed by atoms with Gasteiger partial charge in [0.1, 0.15) is 11.6 Å². The Kier molecular flexibility index (Phi) is 4.38. The molecule has 22 heavy (non-hydrogen) atoms. The molecule has 118 valence electrons. The molecule has 0 radical (unpaired) electrons. The van der Waals surface area contributed by atoms with Gasteiger partial charge < -0.3 is 4.57 Å². The number of hydrogen-bond acceptors (Lipinski definition) is 5. The minimum absolute atomic E-state index is 0.00258. The molecule has 3 heterocycles. The smallest absolute Gasteiger partial charge is 0.250 e. The molecule has 6 nitrogen and oxygen atoms in total. The molecule has 0 saturated carbocycles. The van der Waals surface area contributed by atoms with Crippen molar-refractivity contribution in [3.8, 4) is 0 Å². The Balaban J connectivity index is 1.95. The Bertz CT molecular complexity index is 804. The third-order valence-electron chi connectivity index (χ3n) is 3.56. The fraction of sp³-hybridized carbons (Fsp3) is 0.462. The summed E-state index contributed by atoms with van der Waals surface area (Å²) in [4.78, 5) is 4.00. The molecule has 0 aromatic carbocycles. The molecule has 0 bridgehead atoms. The van der Waals surface area contributed by atoms with Crippen molar-refractivity contribution in [1.29, 1.82) is 0 Å². The van der Waals surface area contributed by atoms with Gasteiger partial charge in [-0.2, -0.15) is 0 Å². The van der Waals surface area contributed by atoms with Crippen LogP contribution in [-0.4, -0.2) is 28.2 Å². The maximum absolute atomic E-state index is 12.6. The summed E-state index contributed by atoms with van der Waals surface area (Å²) in [6, 6.07) is 1.48. The van der Waals surface area contributed by atoms with E-state index in [1.807, 2.05) is 0 Å². The summed E-state index contributed by atoms with van der Waals surface area (Å²) in [5, 5.41) is 8.49. The van der Waals surface area contributed by atoms with E-state index >= 15 is 0 Å². The number of fused-ring (bicyclic) bond motifs is 1. The zero-order valence-corrected chi connectivity index (χ0v) is 14.0. The van der Waals surface area contributed by atoms with Gasteiger partial charge in [0.05, 0.1) is 15.7 Å². The lowest BCUT2D eigenvalue weighted by atomic mass is 10.2. The molecule has 0 atom stereocenters. The van der Waals surface area contributed by atoms with Crippen LogP contribution in [0.3, 0.4) is 0 Å². The SMILES string of the molecule is O=S(=O)(Cc1ncc(Cl)cc1Cl)c1nnc2n1CCCCC2. The molecule has 0 spiro atoms. The molecule has 9 heteroatoms. The Labute approximate surface area is 138 Å². The van der Waals surface area contributed by atoms with Crippen LogP contribution in [-0.2, 0) is 28.6 Å². The summed E-state index contributed by atoms with van der Waals surface area (Å²) in [6.07, 6.45) is 5.12. The van der Waals surface area contributed by atoms with E-state index in [9.17, 15) is 8.42 Å². The van der Waals surface area contributed by atoms with Crippen molar-refractivity contribution in [3.05, 3.63) is 33.8 Å². The van der Waals surface area contributed by atoms with E-state index in [1.165, 1.54) is 12.3 Å². The second-order valence-corrected chi connectivity index (χ2v) is 7.93. The summed E-state index contributed by atoms with van der Waals surface area (Å²) >= 11 is 11.8. The van der Waals surface area contributed by atoms with Crippen molar-refractivity contribution in [2.45, 2.75) is 43.1 Å². The largest absolute Gasteiger partial charge is 0.302 e. The molecular weight excluding hydrogens is 347 g/mol. The molecular formula is C13H14Cl2N4O2S. The average Bonchev–Trinajstić information content (AvgIpc) is 2.73. The highest BCUT2D eigenvalue weighted by Crippen LogP contribution is 2.24. The molecule has 2 aromatic rings. The van der Waals surface area contributed by atoms with E-state index in [2.05, 4.69) is 15.2 Å². The molecule has 0 saturated heterocycles. The number of hydrogen-bond donors (Lipinski definition) is 0. The van der Waals surface area contributed by atoms with Crippen molar-refractivity contribution in [3.63, 3.8) is 0 Å². The molecule has 0 aliphatic carbocycles. The molecule has 1 aliphatic heterocycles. The van der Waals surface area contributed by atoms with Crippen molar-refractivity contribution < 1.29 is 8.42 Å². The van der Waals surface area contributed by atoms with Gasteiger partial charge in [0, 0.05) is 19.2 Å². The molecule has 0 amide bonds. The number of aromatic nitrogens is 4. The summed E-state index contributed by atoms with van der Waals surface area (Å²) in [7, 11) is -3.66. The average molecular weight is 361 g/mol. The van der Waals surface area contributed by atoms with Gasteiger partial charge in [0.15, 0.2) is 0 Å². The highest BCUT2D eigenvalue weighted by molar-refractivity contribution is 7.90. The quantitative estimate of drug-likeness (QED) is 0.840. The van der Waals surface area contributed by atoms with Crippen LogP contribution >= 0.6 is 23.2 Å². The lowest BCUT2D eigenvalue weighted by molar-refractivity contribution is 0.546. The lowest BCUT2D eigenvalue weighted by Gasteiger charge is -2.08. The summed E-state index contributed by atoms with van der Waals surface area (Å²) in [5.74, 6) is 0.410. The van der Waals surface area contributed by atoms with Crippen molar-refractivity contribution in [1.82, 2.24) is 19.7 Å². The van der Waals surface area contributed by atoms with Crippen molar-refractivity contribution in [2.24, 2.45) is 0 Å². The molecule has 2 aromatic heterocycles. The summed E-state index contributed by atoms with van der Waals surface area (Å²) in [6.45, 7) is 0.624. The van der Waals surface area contributed by atoms with Crippen molar-refractivity contribution >= 4 is 33.0 Å². The Morgan fingerprint density at radius 1 is 1.18 bits per heavy atom. The van der Waals surface area contributed by atoms with Gasteiger partial charge in [0.2, 0.25) is 15.0 Å². The minimum Gasteiger partial charge on any atom is -0.302 e. The molecule has 0 fully saturated rings. The lowest BCUT2D eigenvalue weighted by Crippen LogP contribution is -2.15. The first-order valence-electron chi connectivity index (χ1n) is 6.92. The Morgan fingerprint density at radius 2 is 2.00 bits per heavy atom.